The van der Waals surface area contributed by atoms with Gasteiger partial charge in [-0.2, -0.15) is 13.2 Å². The average molecular weight is 440 g/mol. The summed E-state index contributed by atoms with van der Waals surface area (Å²) < 4.78 is 43.4. The molecule has 4 aliphatic rings. The molecule has 0 atom stereocenters. The minimum Gasteiger partial charge on any atom is -0.456 e. The van der Waals surface area contributed by atoms with Crippen LogP contribution >= 0.6 is 0 Å². The molecule has 31 heavy (non-hydrogen) atoms. The molecule has 4 fully saturated rings. The zero-order chi connectivity index (χ0) is 22.4. The van der Waals surface area contributed by atoms with Crippen molar-refractivity contribution in [2.45, 2.75) is 44.7 Å². The number of nitro groups is 1. The van der Waals surface area contributed by atoms with Crippen LogP contribution in [0.5, 0.6) is 0 Å². The number of ketones is 1. The predicted octanol–water partition coefficient (Wildman–Crippen LogP) is 4.35. The van der Waals surface area contributed by atoms with E-state index in [4.69, 9.17) is 4.74 Å². The lowest BCUT2D eigenvalue weighted by Gasteiger charge is -2.55. The van der Waals surface area contributed by atoms with Crippen LogP contribution in [-0.2, 0) is 20.5 Å². The Balaban J connectivity index is 1.33. The number of hydrogen-bond acceptors (Lipinski definition) is 6. The van der Waals surface area contributed by atoms with Gasteiger partial charge in [0.2, 0.25) is 0 Å². The number of nitrogens with one attached hydrogen (secondary N) is 1. The van der Waals surface area contributed by atoms with Gasteiger partial charge in [0.25, 0.3) is 5.69 Å². The summed E-state index contributed by atoms with van der Waals surface area (Å²) in [5, 5.41) is 13.5. The fourth-order valence-corrected chi connectivity index (χ4v) is 5.98. The molecule has 0 amide bonds. The summed E-state index contributed by atoms with van der Waals surface area (Å²) in [6.07, 6.45) is 1.38. The molecule has 4 saturated carbocycles. The molecule has 4 aliphatic carbocycles. The molecule has 7 nitrogen and oxygen atoms in total. The van der Waals surface area contributed by atoms with Crippen LogP contribution in [0.1, 0.15) is 44.1 Å². The number of Topliss-reactive ketones (excluding diaryl/α,β-unsaturated/α-hetero) is 1. The van der Waals surface area contributed by atoms with E-state index in [1.54, 1.807) is 0 Å². The van der Waals surface area contributed by atoms with Crippen molar-refractivity contribution in [3.63, 3.8) is 0 Å². The Labute approximate surface area is 176 Å². The van der Waals surface area contributed by atoms with Gasteiger partial charge in [-0.15, -0.1) is 0 Å². The molecule has 1 aromatic carbocycles. The number of halogens is 3. The van der Waals surface area contributed by atoms with Gasteiger partial charge in [-0.3, -0.25) is 19.7 Å². The fraction of sp³-hybridized carbons (Fsp3) is 0.619. The van der Waals surface area contributed by atoms with Crippen molar-refractivity contribution >= 4 is 23.1 Å². The summed E-state index contributed by atoms with van der Waals surface area (Å²) in [7, 11) is 0. The van der Waals surface area contributed by atoms with Crippen molar-refractivity contribution in [2.75, 3.05) is 18.5 Å². The molecule has 0 spiro atoms. The van der Waals surface area contributed by atoms with Crippen LogP contribution in [0.25, 0.3) is 0 Å². The third-order valence-electron chi connectivity index (χ3n) is 6.94. The summed E-state index contributed by atoms with van der Waals surface area (Å²) in [5.41, 5.74) is -2.59. The summed E-state index contributed by atoms with van der Waals surface area (Å²) in [4.78, 5) is 35.1. The standard InChI is InChI=1S/C21H23F3N2O5/c22-21(23,24)15-1-2-16(17(6-15)26(29)30)25-10-19(28)31-11-18(27)20-7-12-3-13(8-20)5-14(4-12)9-20/h1-2,6,12-14,25H,3-5,7-11H2. The van der Waals surface area contributed by atoms with E-state index < -0.39 is 40.3 Å². The lowest BCUT2D eigenvalue weighted by Crippen LogP contribution is -2.51. The van der Waals surface area contributed by atoms with Crippen molar-refractivity contribution in [3.8, 4) is 0 Å². The van der Waals surface area contributed by atoms with Gasteiger partial charge in [-0.1, -0.05) is 0 Å². The number of nitrogens with zero attached hydrogens (tertiary/aromatic N) is 1. The SMILES string of the molecule is O=C(CNc1ccc(C(F)(F)F)cc1[N+](=O)[O-])OCC(=O)C12CC3CC(CC(C3)C1)C2. The Kier molecular flexibility index (Phi) is 5.43. The molecule has 0 heterocycles. The molecule has 168 valence electrons. The van der Waals surface area contributed by atoms with Gasteiger partial charge in [0.05, 0.1) is 10.5 Å². The number of carbonyl (C=O) groups excluding carboxylic acids is 2. The third kappa shape index (κ3) is 4.38. The number of anilines is 1. The van der Waals surface area contributed by atoms with Gasteiger partial charge in [0, 0.05) is 11.5 Å². The normalized spacial score (nSPS) is 28.9. The van der Waals surface area contributed by atoms with E-state index in [9.17, 15) is 32.9 Å². The lowest BCUT2D eigenvalue weighted by molar-refractivity contribution is -0.384. The van der Waals surface area contributed by atoms with E-state index in [1.165, 1.54) is 19.3 Å². The predicted molar refractivity (Wildman–Crippen MR) is 103 cm³/mol. The Bertz CT molecular complexity index is 879. The number of esters is 1. The van der Waals surface area contributed by atoms with Gasteiger partial charge in [-0.05, 0) is 68.4 Å². The quantitative estimate of drug-likeness (QED) is 0.384. The van der Waals surface area contributed by atoms with E-state index in [2.05, 4.69) is 5.32 Å². The number of nitro benzene ring substituents is 1. The van der Waals surface area contributed by atoms with Crippen LogP contribution in [0.3, 0.4) is 0 Å². The zero-order valence-corrected chi connectivity index (χ0v) is 16.7. The second-order valence-electron chi connectivity index (χ2n) is 9.12. The largest absolute Gasteiger partial charge is 0.456 e. The summed E-state index contributed by atoms with van der Waals surface area (Å²) in [6.45, 7) is -0.845. The van der Waals surface area contributed by atoms with Crippen LogP contribution in [0, 0.1) is 33.3 Å². The lowest BCUT2D eigenvalue weighted by atomic mass is 9.48. The molecule has 0 radical (unpaired) electrons. The molecule has 0 aromatic heterocycles. The van der Waals surface area contributed by atoms with Crippen LogP contribution in [0.15, 0.2) is 18.2 Å². The minimum absolute atomic E-state index is 0.0690. The van der Waals surface area contributed by atoms with Crippen molar-refractivity contribution in [3.05, 3.63) is 33.9 Å². The molecular weight excluding hydrogens is 417 g/mol. The maximum Gasteiger partial charge on any atom is 0.416 e. The smallest absolute Gasteiger partial charge is 0.416 e. The number of alkyl halides is 3. The van der Waals surface area contributed by atoms with Gasteiger partial charge < -0.3 is 10.1 Å². The van der Waals surface area contributed by atoms with Gasteiger partial charge >= 0.3 is 12.1 Å². The second kappa shape index (κ2) is 7.80. The molecule has 5 rings (SSSR count). The van der Waals surface area contributed by atoms with Gasteiger partial charge in [0.15, 0.2) is 12.4 Å². The highest BCUT2D eigenvalue weighted by Crippen LogP contribution is 2.60. The summed E-state index contributed by atoms with van der Waals surface area (Å²) in [5.74, 6) is 0.862. The van der Waals surface area contributed by atoms with Gasteiger partial charge in [0.1, 0.15) is 12.2 Å². The zero-order valence-electron chi connectivity index (χ0n) is 16.7. The first kappa shape index (κ1) is 21.6. The highest BCUT2D eigenvalue weighted by molar-refractivity contribution is 5.88. The summed E-state index contributed by atoms with van der Waals surface area (Å²) in [6, 6.07) is 2.00. The van der Waals surface area contributed by atoms with Crippen LogP contribution in [0.2, 0.25) is 0 Å². The van der Waals surface area contributed by atoms with Gasteiger partial charge in [-0.25, -0.2) is 0 Å². The van der Waals surface area contributed by atoms with Crippen LogP contribution in [0.4, 0.5) is 24.5 Å². The van der Waals surface area contributed by atoms with E-state index in [0.29, 0.717) is 29.9 Å². The first-order valence-corrected chi connectivity index (χ1v) is 10.3. The fourth-order valence-electron chi connectivity index (χ4n) is 5.98. The van der Waals surface area contributed by atoms with Crippen molar-refractivity contribution in [1.82, 2.24) is 0 Å². The Hall–Kier alpha value is -2.65. The highest BCUT2D eigenvalue weighted by atomic mass is 19.4. The topological polar surface area (TPSA) is 98.5 Å². The highest BCUT2D eigenvalue weighted by Gasteiger charge is 2.54. The number of hydrogen-bond donors (Lipinski definition) is 1. The van der Waals surface area contributed by atoms with Crippen LogP contribution in [-0.4, -0.2) is 29.8 Å². The van der Waals surface area contributed by atoms with Crippen molar-refractivity contribution in [2.24, 2.45) is 23.2 Å². The average Bonchev–Trinajstić information content (AvgIpc) is 2.68. The monoisotopic (exact) mass is 440 g/mol. The number of ether oxygens (including phenoxy) is 1. The number of rotatable bonds is 7. The van der Waals surface area contributed by atoms with Crippen LogP contribution < -0.4 is 5.32 Å². The Morgan fingerprint density at radius 3 is 2.23 bits per heavy atom. The van der Waals surface area contributed by atoms with Crippen molar-refractivity contribution < 1.29 is 32.4 Å². The third-order valence-corrected chi connectivity index (χ3v) is 6.94. The molecule has 1 aromatic rings. The Morgan fingerprint density at radius 1 is 1.13 bits per heavy atom. The molecule has 0 saturated heterocycles. The van der Waals surface area contributed by atoms with E-state index in [0.717, 1.165) is 25.3 Å². The maximum atomic E-state index is 12.9. The van der Waals surface area contributed by atoms with E-state index in [-0.39, 0.29) is 18.1 Å². The molecular formula is C21H23F3N2O5. The first-order chi connectivity index (χ1) is 14.6. The second-order valence-corrected chi connectivity index (χ2v) is 9.12. The van der Waals surface area contributed by atoms with E-state index in [1.807, 2.05) is 0 Å². The molecule has 4 bridgehead atoms. The molecule has 10 heteroatoms. The number of carbonyl (C=O) groups is 2. The van der Waals surface area contributed by atoms with Crippen molar-refractivity contribution in [1.29, 1.82) is 0 Å². The summed E-state index contributed by atoms with van der Waals surface area (Å²) >= 11 is 0. The number of benzene rings is 1. The minimum atomic E-state index is -4.72. The maximum absolute atomic E-state index is 12.9. The first-order valence-electron chi connectivity index (χ1n) is 10.3. The molecule has 0 unspecified atom stereocenters. The van der Waals surface area contributed by atoms with E-state index >= 15 is 0 Å². The Morgan fingerprint density at radius 2 is 1.71 bits per heavy atom. The molecule has 0 aliphatic heterocycles. The molecule has 1 N–H and O–H groups in total.